The van der Waals surface area contributed by atoms with Gasteiger partial charge in [0.1, 0.15) is 11.6 Å². The quantitative estimate of drug-likeness (QED) is 0.636. The van der Waals surface area contributed by atoms with Crippen LogP contribution in [0.25, 0.3) is 6.08 Å². The third-order valence-electron chi connectivity index (χ3n) is 2.82. The minimum atomic E-state index is -0.353. The average Bonchev–Trinajstić information content (AvgIpc) is 2.59. The van der Waals surface area contributed by atoms with Gasteiger partial charge in [-0.3, -0.25) is 4.79 Å². The monoisotopic (exact) mass is 231 g/mol. The summed E-state index contributed by atoms with van der Waals surface area (Å²) in [7, 11) is 1.52. The molecule has 0 spiro atoms. The summed E-state index contributed by atoms with van der Waals surface area (Å²) in [5.41, 5.74) is 3.25. The standard InChI is InChI=1S/C13H17N3O/c1-5-16-9(2)6-11(10(16)3)7-12(8-14)13(17)15-4/h6-7H,5H2,1-4H3,(H,15,17)/b12-7-. The Hall–Kier alpha value is -2.02. The van der Waals surface area contributed by atoms with Gasteiger partial charge in [-0.15, -0.1) is 0 Å². The van der Waals surface area contributed by atoms with Crippen molar-refractivity contribution >= 4 is 12.0 Å². The summed E-state index contributed by atoms with van der Waals surface area (Å²) >= 11 is 0. The van der Waals surface area contributed by atoms with Crippen LogP contribution in [-0.4, -0.2) is 17.5 Å². The van der Waals surface area contributed by atoms with Crippen LogP contribution in [0, 0.1) is 25.2 Å². The first-order valence-corrected chi connectivity index (χ1v) is 5.55. The number of aryl methyl sites for hydroxylation is 1. The fourth-order valence-electron chi connectivity index (χ4n) is 1.90. The van der Waals surface area contributed by atoms with E-state index in [-0.39, 0.29) is 11.5 Å². The van der Waals surface area contributed by atoms with E-state index in [1.165, 1.54) is 7.05 Å². The van der Waals surface area contributed by atoms with E-state index in [2.05, 4.69) is 16.8 Å². The molecule has 0 saturated carbocycles. The van der Waals surface area contributed by atoms with Gasteiger partial charge in [0, 0.05) is 25.0 Å². The van der Waals surface area contributed by atoms with Crippen LogP contribution in [0.5, 0.6) is 0 Å². The molecule has 1 aromatic heterocycles. The molecule has 0 aliphatic carbocycles. The molecular weight excluding hydrogens is 214 g/mol. The second kappa shape index (κ2) is 5.35. The number of nitriles is 1. The molecular formula is C13H17N3O. The molecule has 0 aliphatic rings. The van der Waals surface area contributed by atoms with E-state index >= 15 is 0 Å². The Morgan fingerprint density at radius 2 is 2.24 bits per heavy atom. The number of aromatic nitrogens is 1. The van der Waals surface area contributed by atoms with Crippen LogP contribution in [0.4, 0.5) is 0 Å². The van der Waals surface area contributed by atoms with Crippen molar-refractivity contribution in [2.75, 3.05) is 7.05 Å². The van der Waals surface area contributed by atoms with Gasteiger partial charge in [0.2, 0.25) is 0 Å². The lowest BCUT2D eigenvalue weighted by atomic mass is 10.1. The van der Waals surface area contributed by atoms with Crippen LogP contribution in [0.2, 0.25) is 0 Å². The first-order chi connectivity index (χ1) is 8.04. The maximum atomic E-state index is 11.4. The number of hydrogen-bond donors (Lipinski definition) is 1. The Bertz CT molecular complexity index is 503. The molecule has 90 valence electrons. The highest BCUT2D eigenvalue weighted by Gasteiger charge is 2.10. The summed E-state index contributed by atoms with van der Waals surface area (Å²) in [4.78, 5) is 11.4. The van der Waals surface area contributed by atoms with Gasteiger partial charge in [-0.25, -0.2) is 0 Å². The predicted molar refractivity (Wildman–Crippen MR) is 67.2 cm³/mol. The fraction of sp³-hybridized carbons (Fsp3) is 0.385. The second-order valence-electron chi connectivity index (χ2n) is 3.82. The summed E-state index contributed by atoms with van der Waals surface area (Å²) in [6.45, 7) is 6.95. The SMILES string of the molecule is CCn1c(C)cc(/C=C(/C#N)C(=O)NC)c1C. The van der Waals surface area contributed by atoms with Crippen LogP contribution >= 0.6 is 0 Å². The molecule has 0 aliphatic heterocycles. The number of rotatable bonds is 3. The number of hydrogen-bond acceptors (Lipinski definition) is 2. The average molecular weight is 231 g/mol. The third-order valence-corrected chi connectivity index (χ3v) is 2.82. The van der Waals surface area contributed by atoms with E-state index in [0.29, 0.717) is 0 Å². The number of likely N-dealkylation sites (N-methyl/N-ethyl adjacent to an activating group) is 1. The maximum Gasteiger partial charge on any atom is 0.261 e. The minimum Gasteiger partial charge on any atom is -0.354 e. The summed E-state index contributed by atoms with van der Waals surface area (Å²) in [5.74, 6) is -0.353. The van der Waals surface area contributed by atoms with Gasteiger partial charge in [0.25, 0.3) is 5.91 Å². The molecule has 17 heavy (non-hydrogen) atoms. The minimum absolute atomic E-state index is 0.129. The summed E-state index contributed by atoms with van der Waals surface area (Å²) < 4.78 is 2.14. The predicted octanol–water partition coefficient (Wildman–Crippen LogP) is 1.78. The smallest absolute Gasteiger partial charge is 0.261 e. The molecule has 1 amide bonds. The lowest BCUT2D eigenvalue weighted by Gasteiger charge is -2.04. The number of amides is 1. The topological polar surface area (TPSA) is 57.8 Å². The molecule has 1 aromatic rings. The lowest BCUT2D eigenvalue weighted by Crippen LogP contribution is -2.19. The zero-order valence-electron chi connectivity index (χ0n) is 10.7. The van der Waals surface area contributed by atoms with Gasteiger partial charge in [-0.2, -0.15) is 5.26 Å². The van der Waals surface area contributed by atoms with E-state index < -0.39 is 0 Å². The number of carbonyl (C=O) groups excluding carboxylic acids is 1. The molecule has 0 saturated heterocycles. The molecule has 0 radical (unpaired) electrons. The van der Waals surface area contributed by atoms with Crippen molar-refractivity contribution in [3.63, 3.8) is 0 Å². The first kappa shape index (κ1) is 13.0. The highest BCUT2D eigenvalue weighted by molar-refractivity contribution is 6.01. The van der Waals surface area contributed by atoms with Crippen LogP contribution in [-0.2, 0) is 11.3 Å². The van der Waals surface area contributed by atoms with E-state index in [1.54, 1.807) is 6.08 Å². The fourth-order valence-corrected chi connectivity index (χ4v) is 1.90. The molecule has 1 N–H and O–H groups in total. The molecule has 0 atom stereocenters. The Labute approximate surface area is 102 Å². The van der Waals surface area contributed by atoms with E-state index in [9.17, 15) is 4.79 Å². The van der Waals surface area contributed by atoms with E-state index in [0.717, 1.165) is 23.5 Å². The van der Waals surface area contributed by atoms with Crippen LogP contribution in [0.1, 0.15) is 23.9 Å². The largest absolute Gasteiger partial charge is 0.354 e. The Morgan fingerprint density at radius 3 is 2.65 bits per heavy atom. The van der Waals surface area contributed by atoms with Gasteiger partial charge < -0.3 is 9.88 Å². The molecule has 1 heterocycles. The lowest BCUT2D eigenvalue weighted by molar-refractivity contribution is -0.116. The van der Waals surface area contributed by atoms with Crippen molar-refractivity contribution in [1.29, 1.82) is 5.26 Å². The normalized spacial score (nSPS) is 11.1. The van der Waals surface area contributed by atoms with Crippen molar-refractivity contribution < 1.29 is 4.79 Å². The third kappa shape index (κ3) is 2.56. The van der Waals surface area contributed by atoms with Gasteiger partial charge in [0.15, 0.2) is 0 Å². The molecule has 1 rings (SSSR count). The van der Waals surface area contributed by atoms with Crippen LogP contribution < -0.4 is 5.32 Å². The number of nitrogens with one attached hydrogen (secondary N) is 1. The molecule has 0 aromatic carbocycles. The molecule has 4 heteroatoms. The second-order valence-corrected chi connectivity index (χ2v) is 3.82. The summed E-state index contributed by atoms with van der Waals surface area (Å²) in [6.07, 6.45) is 1.63. The van der Waals surface area contributed by atoms with Gasteiger partial charge in [0.05, 0.1) is 0 Å². The zero-order valence-corrected chi connectivity index (χ0v) is 10.7. The Kier molecular flexibility index (Phi) is 4.11. The van der Waals surface area contributed by atoms with Crippen molar-refractivity contribution in [2.45, 2.75) is 27.3 Å². The highest BCUT2D eigenvalue weighted by Crippen LogP contribution is 2.18. The molecule has 0 fully saturated rings. The Morgan fingerprint density at radius 1 is 1.59 bits per heavy atom. The van der Waals surface area contributed by atoms with E-state index in [4.69, 9.17) is 5.26 Å². The summed E-state index contributed by atoms with van der Waals surface area (Å²) in [5, 5.41) is 11.4. The maximum absolute atomic E-state index is 11.4. The first-order valence-electron chi connectivity index (χ1n) is 5.55. The van der Waals surface area contributed by atoms with Crippen LogP contribution in [0.15, 0.2) is 11.6 Å². The summed E-state index contributed by atoms with van der Waals surface area (Å²) in [6, 6.07) is 3.90. The van der Waals surface area contributed by atoms with E-state index in [1.807, 2.05) is 26.0 Å². The number of nitrogens with zero attached hydrogens (tertiary/aromatic N) is 2. The van der Waals surface area contributed by atoms with Crippen LogP contribution in [0.3, 0.4) is 0 Å². The van der Waals surface area contributed by atoms with Crippen molar-refractivity contribution in [3.05, 3.63) is 28.6 Å². The van der Waals surface area contributed by atoms with Crippen molar-refractivity contribution in [3.8, 4) is 6.07 Å². The molecule has 4 nitrogen and oxygen atoms in total. The highest BCUT2D eigenvalue weighted by atomic mass is 16.1. The van der Waals surface area contributed by atoms with Gasteiger partial charge in [-0.1, -0.05) is 0 Å². The van der Waals surface area contributed by atoms with Crippen molar-refractivity contribution in [2.24, 2.45) is 0 Å². The molecule has 0 unspecified atom stereocenters. The van der Waals surface area contributed by atoms with Gasteiger partial charge >= 0.3 is 0 Å². The number of carbonyl (C=O) groups is 1. The zero-order chi connectivity index (χ0) is 13.0. The Balaban J connectivity index is 3.23. The van der Waals surface area contributed by atoms with Crippen molar-refractivity contribution in [1.82, 2.24) is 9.88 Å². The molecule has 0 bridgehead atoms. The van der Waals surface area contributed by atoms with Gasteiger partial charge in [-0.05, 0) is 38.5 Å².